The lowest BCUT2D eigenvalue weighted by atomic mass is 10.1. The molecule has 0 N–H and O–H groups in total. The van der Waals surface area contributed by atoms with Crippen molar-refractivity contribution < 1.29 is 4.79 Å². The van der Waals surface area contributed by atoms with Crippen molar-refractivity contribution >= 4 is 5.78 Å². The van der Waals surface area contributed by atoms with Gasteiger partial charge in [0.05, 0.1) is 6.04 Å². The van der Waals surface area contributed by atoms with E-state index < -0.39 is 0 Å². The molecule has 4 atom stereocenters. The molecule has 1 unspecified atom stereocenters. The molecule has 17 heavy (non-hydrogen) atoms. The molecule has 90 valence electrons. The van der Waals surface area contributed by atoms with E-state index in [1.54, 1.807) is 0 Å². The minimum absolute atomic E-state index is 0.229. The SMILES string of the molecule is C[C@H](c1ccccc1)N1[C@@H]2C(=O)CCCC[C@@H]21. The van der Waals surface area contributed by atoms with Crippen LogP contribution in [0.25, 0.3) is 0 Å². The van der Waals surface area contributed by atoms with E-state index in [9.17, 15) is 4.79 Å². The first kappa shape index (κ1) is 11.0. The van der Waals surface area contributed by atoms with Crippen LogP contribution in [-0.2, 0) is 4.79 Å². The van der Waals surface area contributed by atoms with Crippen molar-refractivity contribution in [2.24, 2.45) is 0 Å². The largest absolute Gasteiger partial charge is 0.298 e. The summed E-state index contributed by atoms with van der Waals surface area (Å²) in [6.07, 6.45) is 4.30. The Balaban J connectivity index is 1.77. The zero-order chi connectivity index (χ0) is 11.8. The van der Waals surface area contributed by atoms with Crippen molar-refractivity contribution in [3.63, 3.8) is 0 Å². The highest BCUT2D eigenvalue weighted by Gasteiger charge is 2.54. The Labute approximate surface area is 103 Å². The molecule has 1 aromatic carbocycles. The van der Waals surface area contributed by atoms with Crippen LogP contribution in [0.1, 0.15) is 44.2 Å². The molecule has 0 bridgehead atoms. The first-order chi connectivity index (χ1) is 8.29. The minimum Gasteiger partial charge on any atom is -0.298 e. The Hall–Kier alpha value is -1.15. The van der Waals surface area contributed by atoms with Gasteiger partial charge in [0.15, 0.2) is 5.78 Å². The number of carbonyl (C=O) groups excluding carboxylic acids is 1. The molecule has 2 heteroatoms. The summed E-state index contributed by atoms with van der Waals surface area (Å²) in [5.74, 6) is 0.468. The summed E-state index contributed by atoms with van der Waals surface area (Å²) < 4.78 is 0. The standard InChI is InChI=1S/C15H19NO/c1-11(12-7-3-2-4-8-12)16-13-9-5-6-10-14(17)15(13)16/h2-4,7-8,11,13,15H,5-6,9-10H2,1H3/t11-,13+,15+,16?/m1/s1. The highest BCUT2D eigenvalue weighted by molar-refractivity contribution is 5.88. The average Bonchev–Trinajstić information content (AvgIpc) is 3.10. The lowest BCUT2D eigenvalue weighted by Gasteiger charge is -2.16. The fraction of sp³-hybridized carbons (Fsp3) is 0.533. The monoisotopic (exact) mass is 229 g/mol. The molecule has 0 spiro atoms. The summed E-state index contributed by atoms with van der Waals surface area (Å²) in [6, 6.07) is 11.7. The van der Waals surface area contributed by atoms with Crippen LogP contribution in [0.2, 0.25) is 0 Å². The number of likely N-dealkylation sites (tertiary alicyclic amines) is 1. The van der Waals surface area contributed by atoms with Crippen LogP contribution in [0.4, 0.5) is 0 Å². The third-order valence-corrected chi connectivity index (χ3v) is 4.21. The molecule has 1 heterocycles. The topological polar surface area (TPSA) is 20.1 Å². The van der Waals surface area contributed by atoms with Gasteiger partial charge in [0, 0.05) is 18.5 Å². The van der Waals surface area contributed by atoms with Gasteiger partial charge in [-0.05, 0) is 25.3 Å². The van der Waals surface area contributed by atoms with Gasteiger partial charge in [-0.3, -0.25) is 9.69 Å². The van der Waals surface area contributed by atoms with Crippen LogP contribution in [-0.4, -0.2) is 22.8 Å². The summed E-state index contributed by atoms with van der Waals surface area (Å²) in [6.45, 7) is 2.22. The van der Waals surface area contributed by atoms with Crippen LogP contribution < -0.4 is 0 Å². The molecule has 2 fully saturated rings. The molecule has 1 aromatic rings. The maximum absolute atomic E-state index is 12.0. The van der Waals surface area contributed by atoms with E-state index >= 15 is 0 Å². The van der Waals surface area contributed by atoms with Gasteiger partial charge in [0.25, 0.3) is 0 Å². The molecule has 0 amide bonds. The maximum atomic E-state index is 12.0. The van der Waals surface area contributed by atoms with Crippen LogP contribution in [0.3, 0.4) is 0 Å². The number of Topliss-reactive ketones (excluding diaryl/α,β-unsaturated/α-hetero) is 1. The number of hydrogen-bond acceptors (Lipinski definition) is 2. The first-order valence-corrected chi connectivity index (χ1v) is 6.64. The van der Waals surface area contributed by atoms with E-state index in [1.165, 1.54) is 18.4 Å². The number of carbonyl (C=O) groups is 1. The Bertz CT molecular complexity index is 414. The van der Waals surface area contributed by atoms with E-state index in [4.69, 9.17) is 0 Å². The van der Waals surface area contributed by atoms with E-state index in [2.05, 4.69) is 36.1 Å². The smallest absolute Gasteiger partial charge is 0.151 e. The van der Waals surface area contributed by atoms with Crippen LogP contribution in [0.5, 0.6) is 0 Å². The van der Waals surface area contributed by atoms with Crippen molar-refractivity contribution in [2.75, 3.05) is 0 Å². The van der Waals surface area contributed by atoms with Crippen LogP contribution in [0.15, 0.2) is 30.3 Å². The fourth-order valence-electron chi connectivity index (χ4n) is 3.22. The second-order valence-electron chi connectivity index (χ2n) is 5.26. The predicted molar refractivity (Wildman–Crippen MR) is 67.7 cm³/mol. The Morgan fingerprint density at radius 1 is 1.24 bits per heavy atom. The van der Waals surface area contributed by atoms with Gasteiger partial charge >= 0.3 is 0 Å². The lowest BCUT2D eigenvalue weighted by molar-refractivity contribution is -0.119. The van der Waals surface area contributed by atoms with Crippen molar-refractivity contribution in [1.29, 1.82) is 0 Å². The number of nitrogens with zero attached hydrogens (tertiary/aromatic N) is 1. The number of hydrogen-bond donors (Lipinski definition) is 0. The molecular weight excluding hydrogens is 210 g/mol. The van der Waals surface area contributed by atoms with E-state index in [0.29, 0.717) is 17.9 Å². The minimum atomic E-state index is 0.229. The highest BCUT2D eigenvalue weighted by atomic mass is 16.1. The normalized spacial score (nSPS) is 33.7. The van der Waals surface area contributed by atoms with Crippen molar-refractivity contribution in [1.82, 2.24) is 4.90 Å². The molecular formula is C15H19NO. The number of rotatable bonds is 2. The van der Waals surface area contributed by atoms with Gasteiger partial charge in [0.1, 0.15) is 0 Å². The van der Waals surface area contributed by atoms with Gasteiger partial charge in [-0.15, -0.1) is 0 Å². The summed E-state index contributed by atoms with van der Waals surface area (Å²) in [5.41, 5.74) is 1.33. The van der Waals surface area contributed by atoms with Crippen LogP contribution in [0, 0.1) is 0 Å². The van der Waals surface area contributed by atoms with E-state index in [0.717, 1.165) is 12.8 Å². The summed E-state index contributed by atoms with van der Waals surface area (Å²) in [7, 11) is 0. The molecule has 2 aliphatic rings. The van der Waals surface area contributed by atoms with Gasteiger partial charge in [-0.1, -0.05) is 36.8 Å². The van der Waals surface area contributed by atoms with Crippen molar-refractivity contribution in [3.8, 4) is 0 Å². The quantitative estimate of drug-likeness (QED) is 0.727. The van der Waals surface area contributed by atoms with Crippen molar-refractivity contribution in [2.45, 2.75) is 50.7 Å². The summed E-state index contributed by atoms with van der Waals surface area (Å²) in [5, 5.41) is 0. The summed E-state index contributed by atoms with van der Waals surface area (Å²) in [4.78, 5) is 14.4. The Kier molecular flexibility index (Phi) is 2.75. The molecule has 2 nitrogen and oxygen atoms in total. The third-order valence-electron chi connectivity index (χ3n) is 4.21. The fourth-order valence-corrected chi connectivity index (χ4v) is 3.22. The maximum Gasteiger partial charge on any atom is 0.151 e. The molecule has 3 rings (SSSR count). The Morgan fingerprint density at radius 3 is 2.76 bits per heavy atom. The molecule has 1 saturated heterocycles. The highest BCUT2D eigenvalue weighted by Crippen LogP contribution is 2.43. The second-order valence-corrected chi connectivity index (χ2v) is 5.26. The zero-order valence-corrected chi connectivity index (χ0v) is 10.3. The van der Waals surface area contributed by atoms with Crippen LogP contribution >= 0.6 is 0 Å². The summed E-state index contributed by atoms with van der Waals surface area (Å²) >= 11 is 0. The predicted octanol–water partition coefficient (Wildman–Crippen LogP) is 2.94. The third kappa shape index (κ3) is 1.91. The molecule has 0 aromatic heterocycles. The lowest BCUT2D eigenvalue weighted by Crippen LogP contribution is -2.15. The van der Waals surface area contributed by atoms with E-state index in [-0.39, 0.29) is 6.04 Å². The molecule has 1 aliphatic heterocycles. The van der Waals surface area contributed by atoms with E-state index in [1.807, 2.05) is 6.07 Å². The van der Waals surface area contributed by atoms with Gasteiger partial charge in [-0.2, -0.15) is 0 Å². The second kappa shape index (κ2) is 4.26. The average molecular weight is 229 g/mol. The van der Waals surface area contributed by atoms with Gasteiger partial charge in [0.2, 0.25) is 0 Å². The molecule has 1 saturated carbocycles. The number of ketones is 1. The number of fused-ring (bicyclic) bond motifs is 1. The zero-order valence-electron chi connectivity index (χ0n) is 10.3. The van der Waals surface area contributed by atoms with Gasteiger partial charge in [-0.25, -0.2) is 0 Å². The first-order valence-electron chi connectivity index (χ1n) is 6.64. The number of benzene rings is 1. The Morgan fingerprint density at radius 2 is 2.00 bits per heavy atom. The van der Waals surface area contributed by atoms with Crippen molar-refractivity contribution in [3.05, 3.63) is 35.9 Å². The van der Waals surface area contributed by atoms with Gasteiger partial charge < -0.3 is 0 Å². The molecule has 0 radical (unpaired) electrons. The molecule has 1 aliphatic carbocycles.